The van der Waals surface area contributed by atoms with Crippen LogP contribution in [-0.2, 0) is 6.54 Å². The quantitative estimate of drug-likeness (QED) is 0.0697. The molecule has 11 rings (SSSR count). The number of rotatable bonds is 12. The molecule has 3 saturated heterocycles. The standard InChI is InChI=1S/C55H48ClN4O2/c1-3-38-36-60(35-37-32-46(39-18-8-4-9-19-39)51(61-2)47(33-37)40-20-10-5-11-21-40)31-29-43(38)34-49(60)52(45-28-30-57-48-27-17-16-26-44(45)48)62-55-50(41-22-12-6-13-23-41)53(56)58-54(59-55)42-24-14-7-15-25-42/h3-28,30,32-33,38,43,49,52H,1,29,31,34-36H2,2H3/q+1/t38-,43-,49+,52-,60+/m0/s1. The number of aromatic nitrogens is 3. The van der Waals surface area contributed by atoms with Crippen molar-refractivity contribution >= 4 is 22.5 Å². The number of para-hydroxylation sites is 1. The summed E-state index contributed by atoms with van der Waals surface area (Å²) in [6.45, 7) is 7.14. The molecule has 6 nitrogen and oxygen atoms in total. The minimum Gasteiger partial charge on any atom is -0.495 e. The highest BCUT2D eigenvalue weighted by Gasteiger charge is 2.55. The van der Waals surface area contributed by atoms with E-state index >= 15 is 0 Å². The van der Waals surface area contributed by atoms with Crippen molar-refractivity contribution in [3.63, 3.8) is 0 Å². The van der Waals surface area contributed by atoms with E-state index in [2.05, 4.69) is 110 Å². The van der Waals surface area contributed by atoms with Crippen molar-refractivity contribution in [2.75, 3.05) is 20.2 Å². The van der Waals surface area contributed by atoms with Crippen LogP contribution in [0.2, 0.25) is 5.15 Å². The predicted molar refractivity (Wildman–Crippen MR) is 251 cm³/mol. The zero-order valence-corrected chi connectivity index (χ0v) is 35.5. The number of fused-ring (bicyclic) bond motifs is 4. The molecule has 0 unspecified atom stereocenters. The second-order valence-corrected chi connectivity index (χ2v) is 17.1. The summed E-state index contributed by atoms with van der Waals surface area (Å²) >= 11 is 7.25. The highest BCUT2D eigenvalue weighted by molar-refractivity contribution is 6.32. The Kier molecular flexibility index (Phi) is 10.9. The number of benzene rings is 6. The second-order valence-electron chi connectivity index (χ2n) is 16.7. The summed E-state index contributed by atoms with van der Waals surface area (Å²) in [5.74, 6) is 2.69. The van der Waals surface area contributed by atoms with Crippen molar-refractivity contribution < 1.29 is 14.0 Å². The molecule has 6 aromatic carbocycles. The Morgan fingerprint density at radius 1 is 0.742 bits per heavy atom. The van der Waals surface area contributed by atoms with E-state index in [9.17, 15) is 0 Å². The van der Waals surface area contributed by atoms with Gasteiger partial charge in [-0.2, -0.15) is 4.98 Å². The molecule has 7 heteroatoms. The first kappa shape index (κ1) is 39.5. The summed E-state index contributed by atoms with van der Waals surface area (Å²) in [5.41, 5.74) is 10.1. The summed E-state index contributed by atoms with van der Waals surface area (Å²) in [7, 11) is 1.78. The molecule has 62 heavy (non-hydrogen) atoms. The van der Waals surface area contributed by atoms with Gasteiger partial charge < -0.3 is 14.0 Å². The minimum absolute atomic E-state index is 0.0377. The fraction of sp³-hybridized carbons (Fsp3) is 0.182. The molecule has 0 radical (unpaired) electrons. The molecule has 2 bridgehead atoms. The maximum absolute atomic E-state index is 7.66. The van der Waals surface area contributed by atoms with Gasteiger partial charge in [0.05, 0.1) is 31.3 Å². The van der Waals surface area contributed by atoms with Gasteiger partial charge in [-0.05, 0) is 46.9 Å². The largest absolute Gasteiger partial charge is 0.495 e. The first-order valence-corrected chi connectivity index (χ1v) is 21.9. The van der Waals surface area contributed by atoms with Gasteiger partial charge in [0, 0.05) is 58.2 Å². The lowest BCUT2D eigenvalue weighted by Gasteiger charge is -2.58. The average Bonchev–Trinajstić information content (AvgIpc) is 3.33. The molecule has 3 aliphatic rings. The van der Waals surface area contributed by atoms with Crippen molar-refractivity contribution in [1.29, 1.82) is 0 Å². The normalized spacial score (nSPS) is 19.8. The van der Waals surface area contributed by atoms with E-state index in [1.54, 1.807) is 7.11 Å². The molecule has 0 spiro atoms. The number of nitrogens with zero attached hydrogens (tertiary/aromatic N) is 4. The Morgan fingerprint density at radius 2 is 1.34 bits per heavy atom. The molecular weight excluding hydrogens is 784 g/mol. The first-order valence-electron chi connectivity index (χ1n) is 21.5. The van der Waals surface area contributed by atoms with E-state index in [1.165, 1.54) is 5.56 Å². The number of piperidine rings is 3. The smallest absolute Gasteiger partial charge is 0.227 e. The van der Waals surface area contributed by atoms with Crippen LogP contribution in [0.15, 0.2) is 183 Å². The molecule has 5 heterocycles. The molecule has 5 atom stereocenters. The van der Waals surface area contributed by atoms with Crippen LogP contribution in [0, 0.1) is 11.8 Å². The maximum atomic E-state index is 7.66. The summed E-state index contributed by atoms with van der Waals surface area (Å²) in [5, 5.41) is 1.41. The van der Waals surface area contributed by atoms with Crippen LogP contribution >= 0.6 is 11.6 Å². The van der Waals surface area contributed by atoms with Crippen LogP contribution in [0.3, 0.4) is 0 Å². The Morgan fingerprint density at radius 3 is 1.97 bits per heavy atom. The van der Waals surface area contributed by atoms with Crippen molar-refractivity contribution in [3.8, 4) is 56.4 Å². The van der Waals surface area contributed by atoms with Crippen LogP contribution in [-0.4, -0.2) is 45.7 Å². The Labute approximate surface area is 368 Å². The van der Waals surface area contributed by atoms with Crippen molar-refractivity contribution in [1.82, 2.24) is 15.0 Å². The Bertz CT molecular complexity index is 2790. The number of halogens is 1. The van der Waals surface area contributed by atoms with Crippen molar-refractivity contribution in [2.45, 2.75) is 31.5 Å². The van der Waals surface area contributed by atoms with Gasteiger partial charge in [-0.25, -0.2) is 4.98 Å². The fourth-order valence-corrected chi connectivity index (χ4v) is 10.6. The van der Waals surface area contributed by atoms with E-state index < -0.39 is 6.10 Å². The monoisotopic (exact) mass is 831 g/mol. The third kappa shape index (κ3) is 7.44. The van der Waals surface area contributed by atoms with Gasteiger partial charge in [-0.1, -0.05) is 157 Å². The Balaban J connectivity index is 1.18. The van der Waals surface area contributed by atoms with Gasteiger partial charge in [-0.3, -0.25) is 4.98 Å². The van der Waals surface area contributed by atoms with Crippen LogP contribution in [0.5, 0.6) is 11.6 Å². The van der Waals surface area contributed by atoms with Crippen LogP contribution < -0.4 is 9.47 Å². The number of ether oxygens (including phenoxy) is 2. The SMILES string of the molecule is C=C[C@H]1C[N@+]2(Cc3cc(-c4ccccc4)c(OC)c(-c4ccccc4)c3)CC[C@H]1C[C@@H]2[C@@H](Oc1nc(-c2ccccc2)nc(Cl)c1-c1ccccc1)c1ccnc2ccccc12. The number of hydrogen-bond donors (Lipinski definition) is 0. The van der Waals surface area contributed by atoms with E-state index in [0.717, 1.165) is 92.6 Å². The zero-order chi connectivity index (χ0) is 42.0. The Hall–Kier alpha value is -6.60. The van der Waals surface area contributed by atoms with Gasteiger partial charge in [-0.15, -0.1) is 6.58 Å². The van der Waals surface area contributed by atoms with E-state index in [-0.39, 0.29) is 6.04 Å². The number of quaternary nitrogens is 1. The van der Waals surface area contributed by atoms with Crippen LogP contribution in [0.25, 0.3) is 55.7 Å². The van der Waals surface area contributed by atoms with Crippen molar-refractivity contribution in [3.05, 3.63) is 199 Å². The van der Waals surface area contributed by atoms with Gasteiger partial charge in [0.2, 0.25) is 5.88 Å². The lowest BCUT2D eigenvalue weighted by atomic mass is 9.71. The summed E-state index contributed by atoms with van der Waals surface area (Å²) in [6.07, 6.45) is 5.76. The molecule has 0 saturated carbocycles. The van der Waals surface area contributed by atoms with Gasteiger partial charge in [0.1, 0.15) is 23.5 Å². The molecule has 8 aromatic rings. The van der Waals surface area contributed by atoms with Crippen molar-refractivity contribution in [2.24, 2.45) is 11.8 Å². The minimum atomic E-state index is -0.422. The maximum Gasteiger partial charge on any atom is 0.227 e. The fourth-order valence-electron chi connectivity index (χ4n) is 10.3. The molecule has 306 valence electrons. The first-order chi connectivity index (χ1) is 30.5. The molecule has 3 aliphatic heterocycles. The lowest BCUT2D eigenvalue weighted by molar-refractivity contribution is -0.984. The summed E-state index contributed by atoms with van der Waals surface area (Å²) < 4.78 is 14.8. The lowest BCUT2D eigenvalue weighted by Crippen LogP contribution is -2.68. The number of pyridine rings is 1. The van der Waals surface area contributed by atoms with Gasteiger partial charge in [0.15, 0.2) is 11.9 Å². The van der Waals surface area contributed by atoms with E-state index in [4.69, 9.17) is 36.0 Å². The van der Waals surface area contributed by atoms with Gasteiger partial charge >= 0.3 is 0 Å². The third-order valence-electron chi connectivity index (χ3n) is 13.2. The topological polar surface area (TPSA) is 57.1 Å². The molecule has 0 N–H and O–H groups in total. The molecule has 2 aromatic heterocycles. The molecular formula is C55H48ClN4O2+. The third-order valence-corrected chi connectivity index (χ3v) is 13.5. The van der Waals surface area contributed by atoms with Gasteiger partial charge in [0.25, 0.3) is 0 Å². The number of hydrogen-bond acceptors (Lipinski definition) is 5. The van der Waals surface area contributed by atoms with Crippen LogP contribution in [0.1, 0.15) is 30.1 Å². The van der Waals surface area contributed by atoms with E-state index in [0.29, 0.717) is 34.3 Å². The van der Waals surface area contributed by atoms with Crippen LogP contribution in [0.4, 0.5) is 0 Å². The molecule has 0 amide bonds. The molecule has 0 aliphatic carbocycles. The highest BCUT2D eigenvalue weighted by atomic mass is 35.5. The second kappa shape index (κ2) is 17.0. The average molecular weight is 832 g/mol. The molecule has 3 fully saturated rings. The predicted octanol–water partition coefficient (Wildman–Crippen LogP) is 13.1. The zero-order valence-electron chi connectivity index (χ0n) is 34.8. The number of methoxy groups -OCH3 is 1. The highest BCUT2D eigenvalue weighted by Crippen LogP contribution is 2.51. The summed E-state index contributed by atoms with van der Waals surface area (Å²) in [4.78, 5) is 15.0. The summed E-state index contributed by atoms with van der Waals surface area (Å²) in [6, 6.07) is 56.6. The van der Waals surface area contributed by atoms with E-state index in [1.807, 2.05) is 72.9 Å².